The van der Waals surface area contributed by atoms with Gasteiger partial charge in [0.15, 0.2) is 11.5 Å². The van der Waals surface area contributed by atoms with Gasteiger partial charge in [-0.3, -0.25) is 14.5 Å². The van der Waals surface area contributed by atoms with Crippen molar-refractivity contribution in [2.75, 3.05) is 31.8 Å². The molecule has 0 aromatic heterocycles. The summed E-state index contributed by atoms with van der Waals surface area (Å²) in [5, 5.41) is 13.7. The number of benzene rings is 3. The second kappa shape index (κ2) is 12.0. The third kappa shape index (κ3) is 5.49. The van der Waals surface area contributed by atoms with E-state index in [1.165, 1.54) is 0 Å². The first kappa shape index (κ1) is 27.5. The Morgan fingerprint density at radius 1 is 0.950 bits per heavy atom. The fraction of sp³-hybridized carbons (Fsp3) is 0.375. The summed E-state index contributed by atoms with van der Waals surface area (Å²) < 4.78 is 16.7. The lowest BCUT2D eigenvalue weighted by Crippen LogP contribution is -2.35. The van der Waals surface area contributed by atoms with E-state index in [2.05, 4.69) is 19.2 Å². The van der Waals surface area contributed by atoms with Crippen LogP contribution in [0.3, 0.4) is 0 Å². The number of nitrogens with one attached hydrogen (secondary N) is 1. The Morgan fingerprint density at radius 2 is 1.62 bits per heavy atom. The van der Waals surface area contributed by atoms with Gasteiger partial charge in [-0.15, -0.1) is 0 Å². The minimum atomic E-state index is -0.908. The number of anilines is 1. The number of hydrogen-bond donors (Lipinski definition) is 2. The van der Waals surface area contributed by atoms with E-state index in [0.717, 1.165) is 46.5 Å². The fourth-order valence-electron chi connectivity index (χ4n) is 5.97. The highest BCUT2D eigenvalue weighted by molar-refractivity contribution is 5.94. The van der Waals surface area contributed by atoms with Crippen LogP contribution < -0.4 is 19.5 Å². The molecule has 1 saturated heterocycles. The molecule has 0 spiro atoms. The number of carbonyl (C=O) groups is 2. The van der Waals surface area contributed by atoms with Crippen molar-refractivity contribution >= 4 is 17.6 Å². The van der Waals surface area contributed by atoms with Crippen LogP contribution in [0.25, 0.3) is 0 Å². The molecule has 0 bridgehead atoms. The number of ether oxygens (including phenoxy) is 3. The molecule has 2 heterocycles. The quantitative estimate of drug-likeness (QED) is 0.352. The van der Waals surface area contributed by atoms with Crippen LogP contribution in [0.5, 0.6) is 17.2 Å². The van der Waals surface area contributed by atoms with Crippen LogP contribution >= 0.6 is 0 Å². The molecule has 2 N–H and O–H groups in total. The molecular formula is C32H36N2O6. The number of carboxylic acids is 1. The van der Waals surface area contributed by atoms with Gasteiger partial charge in [0.05, 0.1) is 19.1 Å². The molecule has 0 aliphatic carbocycles. The Kier molecular flexibility index (Phi) is 8.26. The maximum atomic E-state index is 13.5. The predicted molar refractivity (Wildman–Crippen MR) is 152 cm³/mol. The molecule has 3 aromatic carbocycles. The van der Waals surface area contributed by atoms with E-state index in [-0.39, 0.29) is 25.2 Å². The van der Waals surface area contributed by atoms with Crippen molar-refractivity contribution in [1.29, 1.82) is 0 Å². The van der Waals surface area contributed by atoms with Crippen LogP contribution in [0.15, 0.2) is 60.7 Å². The molecule has 2 aliphatic heterocycles. The van der Waals surface area contributed by atoms with Crippen molar-refractivity contribution in [1.82, 2.24) is 4.90 Å². The van der Waals surface area contributed by atoms with Gasteiger partial charge in [0, 0.05) is 24.2 Å². The highest BCUT2D eigenvalue weighted by Crippen LogP contribution is 2.47. The third-order valence-corrected chi connectivity index (χ3v) is 7.85. The van der Waals surface area contributed by atoms with Gasteiger partial charge in [-0.2, -0.15) is 0 Å². The molecule has 8 heteroatoms. The Hall–Kier alpha value is -4.04. The van der Waals surface area contributed by atoms with Gasteiger partial charge in [0.2, 0.25) is 12.7 Å². The minimum absolute atomic E-state index is 0.0594. The van der Waals surface area contributed by atoms with Crippen molar-refractivity contribution in [3.8, 4) is 17.2 Å². The zero-order valence-electron chi connectivity index (χ0n) is 23.2. The lowest BCUT2D eigenvalue weighted by molar-refractivity contribution is -0.143. The molecule has 1 fully saturated rings. The summed E-state index contributed by atoms with van der Waals surface area (Å²) in [5.41, 5.74) is 4.70. The maximum Gasteiger partial charge on any atom is 0.309 e. The number of carboxylic acid groups (broad SMARTS) is 1. The largest absolute Gasteiger partial charge is 0.494 e. The number of aryl methyl sites for hydroxylation is 2. The van der Waals surface area contributed by atoms with Crippen molar-refractivity contribution in [2.45, 2.75) is 45.6 Å². The number of amides is 1. The number of carbonyl (C=O) groups excluding carboxylic acids is 1. The Bertz CT molecular complexity index is 1350. The van der Waals surface area contributed by atoms with Gasteiger partial charge in [-0.25, -0.2) is 0 Å². The normalized spacial score (nSPS) is 19.9. The fourth-order valence-corrected chi connectivity index (χ4v) is 5.97. The smallest absolute Gasteiger partial charge is 0.309 e. The maximum absolute atomic E-state index is 13.5. The average molecular weight is 545 g/mol. The molecule has 8 nitrogen and oxygen atoms in total. The molecule has 2 unspecified atom stereocenters. The zero-order chi connectivity index (χ0) is 28.2. The number of fused-ring (bicyclic) bond motifs is 1. The minimum Gasteiger partial charge on any atom is -0.494 e. The highest BCUT2D eigenvalue weighted by Gasteiger charge is 2.48. The molecule has 0 radical (unpaired) electrons. The van der Waals surface area contributed by atoms with Crippen molar-refractivity contribution in [3.63, 3.8) is 0 Å². The van der Waals surface area contributed by atoms with E-state index in [1.54, 1.807) is 0 Å². The van der Waals surface area contributed by atoms with E-state index in [9.17, 15) is 14.7 Å². The summed E-state index contributed by atoms with van der Waals surface area (Å²) >= 11 is 0. The second-order valence-electron chi connectivity index (χ2n) is 10.2. The molecule has 3 atom stereocenters. The second-order valence-corrected chi connectivity index (χ2v) is 10.2. The summed E-state index contributed by atoms with van der Waals surface area (Å²) in [5.74, 6) is -0.231. The van der Waals surface area contributed by atoms with Crippen LogP contribution in [0.4, 0.5) is 5.69 Å². The van der Waals surface area contributed by atoms with Gasteiger partial charge < -0.3 is 24.6 Å². The number of para-hydroxylation sites is 1. The summed E-state index contributed by atoms with van der Waals surface area (Å²) in [7, 11) is 0. The average Bonchev–Trinajstić information content (AvgIpc) is 3.58. The summed E-state index contributed by atoms with van der Waals surface area (Å²) in [6.07, 6.45) is 1.60. The summed E-state index contributed by atoms with van der Waals surface area (Å²) in [6.45, 7) is 7.20. The SMILES string of the molecule is CCOc1ccc([C@H]2C(C(=O)O)C(c3ccc4c(c3)OCO4)CN2CC(=O)Nc2c(CC)cccc2CC)cc1. The Morgan fingerprint density at radius 3 is 2.27 bits per heavy atom. The summed E-state index contributed by atoms with van der Waals surface area (Å²) in [6, 6.07) is 18.7. The predicted octanol–water partition coefficient (Wildman–Crippen LogP) is 5.42. The number of likely N-dealkylation sites (tertiary alicyclic amines) is 1. The van der Waals surface area contributed by atoms with E-state index in [0.29, 0.717) is 24.7 Å². The van der Waals surface area contributed by atoms with E-state index < -0.39 is 17.9 Å². The molecular weight excluding hydrogens is 508 g/mol. The number of hydrogen-bond acceptors (Lipinski definition) is 6. The van der Waals surface area contributed by atoms with Gasteiger partial charge in [-0.1, -0.05) is 50.2 Å². The van der Waals surface area contributed by atoms with Gasteiger partial charge in [0.1, 0.15) is 5.75 Å². The molecule has 3 aromatic rings. The molecule has 1 amide bonds. The lowest BCUT2D eigenvalue weighted by atomic mass is 9.82. The summed E-state index contributed by atoms with van der Waals surface area (Å²) in [4.78, 5) is 28.4. The standard InChI is InChI=1S/C32H36N2O6/c1-4-20-8-7-9-21(5-2)30(20)33-28(35)18-34-17-25(23-12-15-26-27(16-23)40-19-39-26)29(32(36)37)31(34)22-10-13-24(14-11-22)38-6-3/h7-16,25,29,31H,4-6,17-19H2,1-3H3,(H,33,35)(H,36,37)/t25?,29?,31-/m0/s1. The first-order chi connectivity index (χ1) is 19.4. The number of aliphatic carboxylic acids is 1. The van der Waals surface area contributed by atoms with Crippen molar-refractivity contribution < 1.29 is 28.9 Å². The monoisotopic (exact) mass is 544 g/mol. The van der Waals surface area contributed by atoms with Gasteiger partial charge in [0.25, 0.3) is 0 Å². The molecule has 210 valence electrons. The molecule has 0 saturated carbocycles. The topological polar surface area (TPSA) is 97.3 Å². The van der Waals surface area contributed by atoms with Crippen LogP contribution in [-0.4, -0.2) is 48.4 Å². The third-order valence-electron chi connectivity index (χ3n) is 7.85. The van der Waals surface area contributed by atoms with Crippen LogP contribution in [0.1, 0.15) is 55.0 Å². The van der Waals surface area contributed by atoms with E-state index >= 15 is 0 Å². The molecule has 5 rings (SSSR count). The Labute approximate surface area is 234 Å². The number of nitrogens with zero attached hydrogens (tertiary/aromatic N) is 1. The lowest BCUT2D eigenvalue weighted by Gasteiger charge is -2.27. The van der Waals surface area contributed by atoms with Gasteiger partial charge in [-0.05, 0) is 66.3 Å². The first-order valence-corrected chi connectivity index (χ1v) is 13.9. The number of rotatable bonds is 10. The molecule has 40 heavy (non-hydrogen) atoms. The molecule has 2 aliphatic rings. The zero-order valence-corrected chi connectivity index (χ0v) is 23.2. The van der Waals surface area contributed by atoms with Crippen LogP contribution in [0.2, 0.25) is 0 Å². The Balaban J connectivity index is 1.48. The van der Waals surface area contributed by atoms with E-state index in [4.69, 9.17) is 14.2 Å². The van der Waals surface area contributed by atoms with E-state index in [1.807, 2.05) is 72.5 Å². The van der Waals surface area contributed by atoms with Crippen molar-refractivity contribution in [2.24, 2.45) is 5.92 Å². The van der Waals surface area contributed by atoms with Gasteiger partial charge >= 0.3 is 5.97 Å². The van der Waals surface area contributed by atoms with Crippen LogP contribution in [0, 0.1) is 5.92 Å². The van der Waals surface area contributed by atoms with Crippen molar-refractivity contribution in [3.05, 3.63) is 82.9 Å². The first-order valence-electron chi connectivity index (χ1n) is 13.9. The van der Waals surface area contributed by atoms with Crippen LogP contribution in [-0.2, 0) is 22.4 Å². The highest BCUT2D eigenvalue weighted by atomic mass is 16.7.